The molecule has 8 aromatic rings. The lowest BCUT2D eigenvalue weighted by atomic mass is 9.88. The predicted octanol–water partition coefficient (Wildman–Crippen LogP) is 12.2. The number of ether oxygens (including phenoxy) is 1. The number of hydrogen-bond acceptors (Lipinski definition) is 1. The second kappa shape index (κ2) is 12.9. The summed E-state index contributed by atoms with van der Waals surface area (Å²) in [6, 6.07) is 69.1. The third kappa shape index (κ3) is 5.63. The van der Waals surface area contributed by atoms with Gasteiger partial charge < -0.3 is 4.74 Å². The Morgan fingerprint density at radius 2 is 0.617 bits per heavy atom. The van der Waals surface area contributed by atoms with Crippen LogP contribution in [0.15, 0.2) is 194 Å². The molecule has 8 aromatic carbocycles. The van der Waals surface area contributed by atoms with Gasteiger partial charge >= 0.3 is 0 Å². The van der Waals surface area contributed by atoms with Gasteiger partial charge in [0, 0.05) is 0 Å². The Balaban J connectivity index is 1.33. The van der Waals surface area contributed by atoms with Crippen LogP contribution in [0, 0.1) is 0 Å². The summed E-state index contributed by atoms with van der Waals surface area (Å²) in [5.74, 6) is 0. The second-order valence-electron chi connectivity index (χ2n) is 11.9. The van der Waals surface area contributed by atoms with E-state index in [2.05, 4.69) is 194 Å². The van der Waals surface area contributed by atoms with Crippen molar-refractivity contribution in [2.45, 2.75) is 12.2 Å². The highest BCUT2D eigenvalue weighted by atomic mass is 16.5. The average molecular weight is 603 g/mol. The van der Waals surface area contributed by atoms with Crippen LogP contribution in [0.2, 0.25) is 0 Å². The molecule has 0 aliphatic heterocycles. The van der Waals surface area contributed by atoms with Crippen LogP contribution in [-0.2, 0) is 4.74 Å². The van der Waals surface area contributed by atoms with Gasteiger partial charge in [-0.1, -0.05) is 194 Å². The molecule has 0 spiro atoms. The van der Waals surface area contributed by atoms with E-state index >= 15 is 0 Å². The lowest BCUT2D eigenvalue weighted by Gasteiger charge is -2.29. The van der Waals surface area contributed by atoms with Crippen molar-refractivity contribution in [1.29, 1.82) is 0 Å². The minimum Gasteiger partial charge on any atom is -0.356 e. The van der Waals surface area contributed by atoms with E-state index in [9.17, 15) is 0 Å². The topological polar surface area (TPSA) is 9.23 Å². The van der Waals surface area contributed by atoms with Gasteiger partial charge in [0.05, 0.1) is 0 Å². The lowest BCUT2D eigenvalue weighted by molar-refractivity contribution is 0.0315. The van der Waals surface area contributed by atoms with Crippen LogP contribution in [-0.4, -0.2) is 0 Å². The van der Waals surface area contributed by atoms with Gasteiger partial charge in [-0.15, -0.1) is 0 Å². The quantitative estimate of drug-likeness (QED) is 0.168. The van der Waals surface area contributed by atoms with Gasteiger partial charge in [0.2, 0.25) is 0 Å². The fraction of sp³-hybridized carbons (Fsp3) is 0.0435. The maximum atomic E-state index is 7.54. The van der Waals surface area contributed by atoms with E-state index in [1.54, 1.807) is 0 Å². The molecule has 0 saturated carbocycles. The molecule has 0 amide bonds. The van der Waals surface area contributed by atoms with Gasteiger partial charge in [0.15, 0.2) is 0 Å². The normalized spacial score (nSPS) is 12.6. The van der Waals surface area contributed by atoms with E-state index in [0.29, 0.717) is 0 Å². The van der Waals surface area contributed by atoms with Crippen LogP contribution >= 0.6 is 0 Å². The lowest BCUT2D eigenvalue weighted by Crippen LogP contribution is -2.15. The molecule has 0 N–H and O–H groups in total. The molecule has 0 radical (unpaired) electrons. The molecule has 0 aliphatic carbocycles. The number of rotatable bonds is 8. The molecule has 0 aromatic heterocycles. The molecular weight excluding hydrogens is 569 g/mol. The van der Waals surface area contributed by atoms with Crippen molar-refractivity contribution in [3.05, 3.63) is 216 Å². The molecule has 0 bridgehead atoms. The Labute approximate surface area is 276 Å². The Morgan fingerprint density at radius 3 is 1.09 bits per heavy atom. The highest BCUT2D eigenvalue weighted by Crippen LogP contribution is 2.44. The molecular formula is C46H34O. The largest absolute Gasteiger partial charge is 0.356 e. The summed E-state index contributed by atoms with van der Waals surface area (Å²) < 4.78 is 7.54. The summed E-state index contributed by atoms with van der Waals surface area (Å²) in [6.07, 6.45) is -0.672. The molecule has 0 saturated heterocycles. The molecule has 0 fully saturated rings. The van der Waals surface area contributed by atoms with E-state index in [-0.39, 0.29) is 12.2 Å². The van der Waals surface area contributed by atoms with Gasteiger partial charge in [0.25, 0.3) is 0 Å². The van der Waals surface area contributed by atoms with Gasteiger partial charge in [-0.3, -0.25) is 0 Å². The number of fused-ring (bicyclic) bond motifs is 2. The van der Waals surface area contributed by atoms with Crippen molar-refractivity contribution >= 4 is 21.5 Å². The summed E-state index contributed by atoms with van der Waals surface area (Å²) >= 11 is 0. The molecule has 0 heterocycles. The van der Waals surface area contributed by atoms with Gasteiger partial charge in [0.1, 0.15) is 12.2 Å². The zero-order chi connectivity index (χ0) is 31.4. The van der Waals surface area contributed by atoms with Gasteiger partial charge in [-0.2, -0.15) is 0 Å². The number of benzene rings is 8. The SMILES string of the molecule is c1ccc(C(OC(c2ccccc2)c2ccccc2-c2cccc3ccccc23)c2ccccc2-c2cccc3ccccc23)cc1. The van der Waals surface area contributed by atoms with Crippen molar-refractivity contribution in [1.82, 2.24) is 0 Å². The fourth-order valence-corrected chi connectivity index (χ4v) is 6.92. The highest BCUT2D eigenvalue weighted by Gasteiger charge is 2.27. The van der Waals surface area contributed by atoms with E-state index < -0.39 is 0 Å². The summed E-state index contributed by atoms with van der Waals surface area (Å²) in [4.78, 5) is 0. The van der Waals surface area contributed by atoms with Crippen LogP contribution in [0.4, 0.5) is 0 Å². The van der Waals surface area contributed by atoms with Crippen molar-refractivity contribution in [3.8, 4) is 22.3 Å². The molecule has 1 heteroatoms. The fourth-order valence-electron chi connectivity index (χ4n) is 6.92. The third-order valence-electron chi connectivity index (χ3n) is 9.12. The van der Waals surface area contributed by atoms with Crippen LogP contribution in [0.1, 0.15) is 34.5 Å². The summed E-state index contributed by atoms with van der Waals surface area (Å²) in [5, 5.41) is 4.91. The van der Waals surface area contributed by atoms with Crippen LogP contribution in [0.5, 0.6) is 0 Å². The minimum atomic E-state index is -0.336. The monoisotopic (exact) mass is 602 g/mol. The summed E-state index contributed by atoms with van der Waals surface area (Å²) in [7, 11) is 0. The van der Waals surface area contributed by atoms with Crippen molar-refractivity contribution in [2.24, 2.45) is 0 Å². The van der Waals surface area contributed by atoms with E-state index in [1.165, 1.54) is 43.8 Å². The summed E-state index contributed by atoms with van der Waals surface area (Å²) in [6.45, 7) is 0. The Kier molecular flexibility index (Phi) is 7.89. The first-order valence-electron chi connectivity index (χ1n) is 16.2. The first-order valence-corrected chi connectivity index (χ1v) is 16.2. The molecule has 8 rings (SSSR count). The zero-order valence-corrected chi connectivity index (χ0v) is 26.0. The zero-order valence-electron chi connectivity index (χ0n) is 26.0. The minimum absolute atomic E-state index is 0.336. The van der Waals surface area contributed by atoms with E-state index in [1.807, 2.05) is 0 Å². The Bertz CT molecular complexity index is 2110. The first kappa shape index (κ1) is 28.7. The predicted molar refractivity (Wildman–Crippen MR) is 196 cm³/mol. The molecule has 2 atom stereocenters. The summed E-state index contributed by atoms with van der Waals surface area (Å²) in [5.41, 5.74) is 9.26. The third-order valence-corrected chi connectivity index (χ3v) is 9.12. The van der Waals surface area contributed by atoms with E-state index in [0.717, 1.165) is 22.3 Å². The Morgan fingerprint density at radius 1 is 0.277 bits per heavy atom. The average Bonchev–Trinajstić information content (AvgIpc) is 3.16. The number of hydrogen-bond donors (Lipinski definition) is 0. The van der Waals surface area contributed by atoms with Gasteiger partial charge in [-0.05, 0) is 66.1 Å². The van der Waals surface area contributed by atoms with Crippen molar-refractivity contribution in [3.63, 3.8) is 0 Å². The van der Waals surface area contributed by atoms with E-state index in [4.69, 9.17) is 4.74 Å². The first-order chi connectivity index (χ1) is 23.3. The Hall–Kier alpha value is -5.76. The second-order valence-corrected chi connectivity index (χ2v) is 11.9. The molecule has 1 nitrogen and oxygen atoms in total. The highest BCUT2D eigenvalue weighted by molar-refractivity contribution is 5.98. The standard InChI is InChI=1S/C46H34O/c1-3-19-35(20-4-1)45(43-29-13-11-27-41(43)39-31-15-23-33-17-7-9-25-37(33)39)47-46(36-21-5-2-6-22-36)44-30-14-12-28-42(44)40-32-16-24-34-18-8-10-26-38(34)40/h1-32,45-46H. The molecule has 0 aliphatic rings. The van der Waals surface area contributed by atoms with Gasteiger partial charge in [-0.25, -0.2) is 0 Å². The molecule has 224 valence electrons. The van der Waals surface area contributed by atoms with Crippen LogP contribution in [0.25, 0.3) is 43.8 Å². The van der Waals surface area contributed by atoms with Crippen molar-refractivity contribution < 1.29 is 4.74 Å². The maximum Gasteiger partial charge on any atom is 0.109 e. The molecule has 2 unspecified atom stereocenters. The van der Waals surface area contributed by atoms with Crippen molar-refractivity contribution in [2.75, 3.05) is 0 Å². The molecule has 47 heavy (non-hydrogen) atoms. The smallest absolute Gasteiger partial charge is 0.109 e. The maximum absolute atomic E-state index is 7.54. The van der Waals surface area contributed by atoms with Crippen LogP contribution < -0.4 is 0 Å². The van der Waals surface area contributed by atoms with Crippen LogP contribution in [0.3, 0.4) is 0 Å².